The number of hydrogen-bond acceptors (Lipinski definition) is 7. The minimum Gasteiger partial charge on any atom is -0.465 e. The summed E-state index contributed by atoms with van der Waals surface area (Å²) in [5.41, 5.74) is 2.01. The van der Waals surface area contributed by atoms with Crippen LogP contribution in [0.1, 0.15) is 28.4 Å². The first-order chi connectivity index (χ1) is 18.3. The molecule has 4 rings (SSSR count). The minimum absolute atomic E-state index is 0.106. The number of sulfonamides is 1. The van der Waals surface area contributed by atoms with Gasteiger partial charge in [0.25, 0.3) is 15.9 Å². The number of hydrogen-bond donors (Lipinski definition) is 1. The molecule has 0 spiro atoms. The average molecular weight is 529 g/mol. The topological polar surface area (TPSA) is 129 Å². The summed E-state index contributed by atoms with van der Waals surface area (Å²) in [4.78, 5) is 29.3. The third-order valence-corrected chi connectivity index (χ3v) is 7.39. The lowest BCUT2D eigenvalue weighted by Crippen LogP contribution is -2.37. The van der Waals surface area contributed by atoms with Crippen LogP contribution in [0, 0.1) is 11.3 Å². The average Bonchev–Trinajstić information content (AvgIpc) is 2.94. The molecule has 0 saturated carbocycles. The number of benzene rings is 3. The van der Waals surface area contributed by atoms with Crippen molar-refractivity contribution in [2.45, 2.75) is 18.5 Å². The lowest BCUT2D eigenvalue weighted by Gasteiger charge is -2.23. The van der Waals surface area contributed by atoms with Crippen molar-refractivity contribution in [1.29, 1.82) is 5.26 Å². The molecule has 10 heteroatoms. The van der Waals surface area contributed by atoms with E-state index in [1.165, 1.54) is 12.3 Å². The van der Waals surface area contributed by atoms with Crippen molar-refractivity contribution in [3.05, 3.63) is 102 Å². The molecule has 0 atom stereocenters. The van der Waals surface area contributed by atoms with Gasteiger partial charge in [-0.15, -0.1) is 0 Å². The second-order valence-electron chi connectivity index (χ2n) is 8.19. The molecule has 38 heavy (non-hydrogen) atoms. The van der Waals surface area contributed by atoms with Crippen LogP contribution in [0.3, 0.4) is 0 Å². The maximum Gasteiger partial charge on any atom is 0.326 e. The van der Waals surface area contributed by atoms with Crippen LogP contribution in [0.4, 0.5) is 5.69 Å². The molecular formula is C28H24N4O5S. The van der Waals surface area contributed by atoms with Crippen LogP contribution in [0.15, 0.2) is 90.1 Å². The second kappa shape index (κ2) is 11.5. The number of rotatable bonds is 9. The Kier molecular flexibility index (Phi) is 7.99. The van der Waals surface area contributed by atoms with Gasteiger partial charge in [0.15, 0.2) is 5.03 Å². The van der Waals surface area contributed by atoms with E-state index in [0.717, 1.165) is 9.87 Å². The Balaban J connectivity index is 1.65. The monoisotopic (exact) mass is 528 g/mol. The number of anilines is 1. The fraction of sp³-hybridized carbons (Fsp3) is 0.143. The number of pyridine rings is 1. The third kappa shape index (κ3) is 5.79. The van der Waals surface area contributed by atoms with Gasteiger partial charge in [-0.05, 0) is 65.7 Å². The van der Waals surface area contributed by atoms with E-state index in [1.807, 2.05) is 0 Å². The first-order valence-corrected chi connectivity index (χ1v) is 13.2. The highest BCUT2D eigenvalue weighted by Gasteiger charge is 2.29. The standard InChI is InChI=1S/C28H24N4O5S/c1-2-37-27(33)19-32(38(35,36)26-8-3-4-15-30-26)23-13-14-24-22(16-23)6-5-7-25(24)28(34)31-18-21-11-9-20(17-29)10-12-21/h3-16H,2,18-19H2,1H3,(H,31,34). The number of amides is 1. The van der Waals surface area contributed by atoms with Crippen molar-refractivity contribution in [2.24, 2.45) is 0 Å². The summed E-state index contributed by atoms with van der Waals surface area (Å²) in [6.45, 7) is 1.48. The highest BCUT2D eigenvalue weighted by molar-refractivity contribution is 7.92. The number of nitrogens with zero attached hydrogens (tertiary/aromatic N) is 3. The molecule has 0 aliphatic carbocycles. The molecule has 0 bridgehead atoms. The molecule has 1 aromatic heterocycles. The van der Waals surface area contributed by atoms with E-state index in [9.17, 15) is 18.0 Å². The molecule has 0 radical (unpaired) electrons. The number of carbonyl (C=O) groups excluding carboxylic acids is 2. The SMILES string of the molecule is CCOC(=O)CN(c1ccc2c(C(=O)NCc3ccc(C#N)cc3)cccc2c1)S(=O)(=O)c1ccccn1. The van der Waals surface area contributed by atoms with Gasteiger partial charge < -0.3 is 10.1 Å². The normalized spacial score (nSPS) is 10.9. The van der Waals surface area contributed by atoms with Crippen molar-refractivity contribution >= 4 is 38.4 Å². The summed E-state index contributed by atoms with van der Waals surface area (Å²) < 4.78 is 32.8. The molecule has 3 aromatic carbocycles. The number of nitrogens with one attached hydrogen (secondary N) is 1. The molecule has 0 aliphatic rings. The molecule has 9 nitrogen and oxygen atoms in total. The van der Waals surface area contributed by atoms with Gasteiger partial charge in [0.2, 0.25) is 0 Å². The van der Waals surface area contributed by atoms with E-state index in [1.54, 1.807) is 79.7 Å². The molecule has 1 N–H and O–H groups in total. The lowest BCUT2D eigenvalue weighted by molar-refractivity contribution is -0.141. The maximum atomic E-state index is 13.4. The Labute approximate surface area is 220 Å². The number of aromatic nitrogens is 1. The van der Waals surface area contributed by atoms with Crippen LogP contribution in [0.5, 0.6) is 0 Å². The first kappa shape index (κ1) is 26.3. The summed E-state index contributed by atoms with van der Waals surface area (Å²) in [6, 6.07) is 23.4. The van der Waals surface area contributed by atoms with Crippen LogP contribution in [-0.4, -0.2) is 38.4 Å². The summed E-state index contributed by atoms with van der Waals surface area (Å²) >= 11 is 0. The molecule has 0 fully saturated rings. The van der Waals surface area contributed by atoms with Crippen LogP contribution in [0.25, 0.3) is 10.8 Å². The highest BCUT2D eigenvalue weighted by atomic mass is 32.2. The Morgan fingerprint density at radius 1 is 1.03 bits per heavy atom. The summed E-state index contributed by atoms with van der Waals surface area (Å²) in [5.74, 6) is -1.01. The molecule has 4 aromatic rings. The molecule has 0 unspecified atom stereocenters. The molecule has 192 valence electrons. The Hall–Kier alpha value is -4.75. The van der Waals surface area contributed by atoms with E-state index in [-0.39, 0.29) is 29.8 Å². The Bertz CT molecular complexity index is 1620. The van der Waals surface area contributed by atoms with Gasteiger partial charge in [0.1, 0.15) is 6.54 Å². The van der Waals surface area contributed by atoms with Crippen LogP contribution in [-0.2, 0) is 26.1 Å². The molecule has 0 saturated heterocycles. The van der Waals surface area contributed by atoms with Crippen molar-refractivity contribution in [3.8, 4) is 6.07 Å². The third-order valence-electron chi connectivity index (χ3n) is 5.70. The minimum atomic E-state index is -4.18. The van der Waals surface area contributed by atoms with E-state index >= 15 is 0 Å². The zero-order chi connectivity index (χ0) is 27.1. The molecule has 1 heterocycles. The Morgan fingerprint density at radius 2 is 1.82 bits per heavy atom. The van der Waals surface area contributed by atoms with Gasteiger partial charge in [-0.2, -0.15) is 13.7 Å². The van der Waals surface area contributed by atoms with Crippen molar-refractivity contribution < 1.29 is 22.7 Å². The van der Waals surface area contributed by atoms with Crippen LogP contribution < -0.4 is 9.62 Å². The zero-order valence-electron chi connectivity index (χ0n) is 20.5. The van der Waals surface area contributed by atoms with Gasteiger partial charge in [0.05, 0.1) is 23.9 Å². The van der Waals surface area contributed by atoms with Gasteiger partial charge in [-0.25, -0.2) is 4.98 Å². The maximum absolute atomic E-state index is 13.4. The van der Waals surface area contributed by atoms with Crippen molar-refractivity contribution in [3.63, 3.8) is 0 Å². The predicted octanol–water partition coefficient (Wildman–Crippen LogP) is 3.79. The molecule has 1 amide bonds. The summed E-state index contributed by atoms with van der Waals surface area (Å²) in [6.07, 6.45) is 1.36. The van der Waals surface area contributed by atoms with Crippen LogP contribution in [0.2, 0.25) is 0 Å². The largest absolute Gasteiger partial charge is 0.465 e. The molecular weight excluding hydrogens is 504 g/mol. The van der Waals surface area contributed by atoms with Crippen molar-refractivity contribution in [2.75, 3.05) is 17.5 Å². The van der Waals surface area contributed by atoms with E-state index < -0.39 is 22.5 Å². The smallest absolute Gasteiger partial charge is 0.326 e. The Morgan fingerprint density at radius 3 is 2.50 bits per heavy atom. The van der Waals surface area contributed by atoms with E-state index in [0.29, 0.717) is 21.9 Å². The van der Waals surface area contributed by atoms with E-state index in [4.69, 9.17) is 10.00 Å². The van der Waals surface area contributed by atoms with E-state index in [2.05, 4.69) is 16.4 Å². The number of fused-ring (bicyclic) bond motifs is 1. The lowest BCUT2D eigenvalue weighted by atomic mass is 10.0. The van der Waals surface area contributed by atoms with Gasteiger partial charge in [-0.1, -0.05) is 36.4 Å². The molecule has 0 aliphatic heterocycles. The zero-order valence-corrected chi connectivity index (χ0v) is 21.3. The van der Waals surface area contributed by atoms with Gasteiger partial charge >= 0.3 is 5.97 Å². The highest BCUT2D eigenvalue weighted by Crippen LogP contribution is 2.28. The fourth-order valence-corrected chi connectivity index (χ4v) is 5.19. The first-order valence-electron chi connectivity index (χ1n) is 11.7. The number of ether oxygens (including phenoxy) is 1. The summed E-state index contributed by atoms with van der Waals surface area (Å²) in [7, 11) is -4.18. The number of esters is 1. The van der Waals surface area contributed by atoms with Crippen LogP contribution >= 0.6 is 0 Å². The van der Waals surface area contributed by atoms with Crippen molar-refractivity contribution in [1.82, 2.24) is 10.3 Å². The summed E-state index contributed by atoms with van der Waals surface area (Å²) in [5, 5.41) is 12.8. The number of nitriles is 1. The number of carbonyl (C=O) groups is 2. The quantitative estimate of drug-likeness (QED) is 0.327. The second-order valence-corrected chi connectivity index (χ2v) is 10.00. The fourth-order valence-electron chi connectivity index (χ4n) is 3.85. The van der Waals surface area contributed by atoms with Gasteiger partial charge in [0, 0.05) is 18.3 Å². The van der Waals surface area contributed by atoms with Gasteiger partial charge in [-0.3, -0.25) is 13.9 Å². The predicted molar refractivity (Wildman–Crippen MR) is 142 cm³/mol.